The average Bonchev–Trinajstić information content (AvgIpc) is 3.06. The second kappa shape index (κ2) is 5.00. The Hall–Kier alpha value is -0.590. The van der Waals surface area contributed by atoms with Crippen LogP contribution in [0.5, 0.6) is 0 Å². The Bertz CT molecular complexity index is 700. The second-order valence-electron chi connectivity index (χ2n) is 5.17. The van der Waals surface area contributed by atoms with Gasteiger partial charge in [0.1, 0.15) is 5.82 Å². The summed E-state index contributed by atoms with van der Waals surface area (Å²) < 4.78 is 14.5. The van der Waals surface area contributed by atoms with Gasteiger partial charge in [-0.05, 0) is 36.6 Å². The number of fused-ring (bicyclic) bond motifs is 2. The molecule has 0 radical (unpaired) electrons. The van der Waals surface area contributed by atoms with Gasteiger partial charge in [-0.2, -0.15) is 0 Å². The maximum Gasteiger partial charge on any atom is 0.160 e. The molecule has 4 rings (SSSR count). The number of amidine groups is 1. The minimum Gasteiger partial charge on any atom is -0.338 e. The molecule has 1 unspecified atom stereocenters. The van der Waals surface area contributed by atoms with Crippen molar-refractivity contribution in [2.75, 3.05) is 18.8 Å². The molecular formula is C14H14BrFN2S2. The number of thiophene rings is 1. The SMILES string of the molecule is Br.CC1(c2cc3cc(F)ccc3s2)CSC2=NCCN21. The summed E-state index contributed by atoms with van der Waals surface area (Å²) >= 11 is 3.61. The molecule has 20 heavy (non-hydrogen) atoms. The minimum atomic E-state index is -0.161. The molecule has 1 aromatic carbocycles. The number of aliphatic imine (C=N–C) groups is 1. The number of hydrogen-bond donors (Lipinski definition) is 0. The van der Waals surface area contributed by atoms with E-state index in [-0.39, 0.29) is 28.3 Å². The normalized spacial score (nSPS) is 24.7. The lowest BCUT2D eigenvalue weighted by Gasteiger charge is -2.32. The highest BCUT2D eigenvalue weighted by Crippen LogP contribution is 2.45. The van der Waals surface area contributed by atoms with Crippen LogP contribution in [0.1, 0.15) is 11.8 Å². The van der Waals surface area contributed by atoms with Crippen LogP contribution < -0.4 is 0 Å². The van der Waals surface area contributed by atoms with Gasteiger partial charge in [-0.15, -0.1) is 28.3 Å². The molecule has 1 aromatic heterocycles. The van der Waals surface area contributed by atoms with E-state index < -0.39 is 0 Å². The predicted octanol–water partition coefficient (Wildman–Crippen LogP) is 4.25. The van der Waals surface area contributed by atoms with Crippen LogP contribution in [0, 0.1) is 5.82 Å². The summed E-state index contributed by atoms with van der Waals surface area (Å²) in [7, 11) is 0. The quantitative estimate of drug-likeness (QED) is 0.743. The summed E-state index contributed by atoms with van der Waals surface area (Å²) in [6.07, 6.45) is 0. The van der Waals surface area contributed by atoms with E-state index in [9.17, 15) is 4.39 Å². The van der Waals surface area contributed by atoms with Gasteiger partial charge in [0.05, 0.1) is 12.1 Å². The van der Waals surface area contributed by atoms with Crippen LogP contribution in [-0.4, -0.2) is 28.9 Å². The van der Waals surface area contributed by atoms with E-state index in [1.807, 2.05) is 17.8 Å². The van der Waals surface area contributed by atoms with Crippen molar-refractivity contribution in [2.24, 2.45) is 4.99 Å². The molecule has 0 spiro atoms. The molecule has 0 aliphatic carbocycles. The van der Waals surface area contributed by atoms with E-state index in [2.05, 4.69) is 22.9 Å². The second-order valence-corrected chi connectivity index (χ2v) is 7.20. The van der Waals surface area contributed by atoms with Crippen molar-refractivity contribution in [2.45, 2.75) is 12.5 Å². The summed E-state index contributed by atoms with van der Waals surface area (Å²) in [6, 6.07) is 7.19. The first kappa shape index (κ1) is 14.4. The molecule has 1 atom stereocenters. The molecule has 2 aliphatic heterocycles. The zero-order chi connectivity index (χ0) is 13.0. The molecule has 3 heterocycles. The van der Waals surface area contributed by atoms with Gasteiger partial charge < -0.3 is 4.90 Å². The van der Waals surface area contributed by atoms with Crippen LogP contribution in [0.15, 0.2) is 29.3 Å². The topological polar surface area (TPSA) is 15.6 Å². The maximum atomic E-state index is 13.3. The highest BCUT2D eigenvalue weighted by atomic mass is 79.9. The van der Waals surface area contributed by atoms with Crippen molar-refractivity contribution < 1.29 is 4.39 Å². The lowest BCUT2D eigenvalue weighted by Crippen LogP contribution is -2.40. The lowest BCUT2D eigenvalue weighted by molar-refractivity contribution is 0.260. The van der Waals surface area contributed by atoms with Crippen molar-refractivity contribution in [3.63, 3.8) is 0 Å². The third kappa shape index (κ3) is 2.00. The Morgan fingerprint density at radius 2 is 2.20 bits per heavy atom. The summed E-state index contributed by atoms with van der Waals surface area (Å²) in [5, 5.41) is 2.18. The van der Waals surface area contributed by atoms with Crippen LogP contribution in [0.2, 0.25) is 0 Å². The number of halogens is 2. The van der Waals surface area contributed by atoms with Crippen LogP contribution in [0.3, 0.4) is 0 Å². The Labute approximate surface area is 135 Å². The molecule has 2 nitrogen and oxygen atoms in total. The van der Waals surface area contributed by atoms with Crippen molar-refractivity contribution in [1.29, 1.82) is 0 Å². The van der Waals surface area contributed by atoms with Crippen molar-refractivity contribution in [1.82, 2.24) is 4.90 Å². The molecular weight excluding hydrogens is 359 g/mol. The Morgan fingerprint density at radius 3 is 3.05 bits per heavy atom. The number of hydrogen-bond acceptors (Lipinski definition) is 4. The molecule has 6 heteroatoms. The molecule has 0 amide bonds. The predicted molar refractivity (Wildman–Crippen MR) is 90.9 cm³/mol. The lowest BCUT2D eigenvalue weighted by atomic mass is 10.0. The van der Waals surface area contributed by atoms with Crippen molar-refractivity contribution in [3.8, 4) is 0 Å². The molecule has 106 valence electrons. The zero-order valence-corrected chi connectivity index (χ0v) is 14.3. The number of thioether (sulfide) groups is 1. The van der Waals surface area contributed by atoms with Crippen LogP contribution in [0.4, 0.5) is 4.39 Å². The van der Waals surface area contributed by atoms with E-state index >= 15 is 0 Å². The van der Waals surface area contributed by atoms with E-state index in [0.29, 0.717) is 0 Å². The maximum absolute atomic E-state index is 13.3. The van der Waals surface area contributed by atoms with Gasteiger partial charge in [0, 0.05) is 21.9 Å². The molecule has 0 saturated carbocycles. The fourth-order valence-electron chi connectivity index (χ4n) is 2.77. The minimum absolute atomic E-state index is 0. The standard InChI is InChI=1S/C14H13FN2S2.BrH/c1-14(8-18-13-16-4-5-17(13)14)12-7-9-6-10(15)2-3-11(9)19-12;/h2-3,6-7H,4-5,8H2,1H3;1H. The third-order valence-electron chi connectivity index (χ3n) is 3.89. The first-order valence-corrected chi connectivity index (χ1v) is 8.11. The Morgan fingerprint density at radius 1 is 1.35 bits per heavy atom. The average molecular weight is 373 g/mol. The van der Waals surface area contributed by atoms with Crippen molar-refractivity contribution in [3.05, 3.63) is 35.0 Å². The molecule has 0 N–H and O–H groups in total. The van der Waals surface area contributed by atoms with Gasteiger partial charge in [-0.3, -0.25) is 4.99 Å². The fourth-order valence-corrected chi connectivity index (χ4v) is 5.42. The first-order valence-electron chi connectivity index (χ1n) is 6.31. The molecule has 2 aliphatic rings. The summed E-state index contributed by atoms with van der Waals surface area (Å²) in [5.74, 6) is 0.868. The van der Waals surface area contributed by atoms with Crippen LogP contribution >= 0.6 is 40.1 Å². The highest BCUT2D eigenvalue weighted by Gasteiger charge is 2.44. The van der Waals surface area contributed by atoms with Crippen LogP contribution in [-0.2, 0) is 5.54 Å². The van der Waals surface area contributed by atoms with Gasteiger partial charge in [-0.1, -0.05) is 11.8 Å². The summed E-state index contributed by atoms with van der Waals surface area (Å²) in [4.78, 5) is 8.25. The van der Waals surface area contributed by atoms with Gasteiger partial charge in [0.15, 0.2) is 5.17 Å². The largest absolute Gasteiger partial charge is 0.338 e. The Kier molecular flexibility index (Phi) is 3.59. The summed E-state index contributed by atoms with van der Waals surface area (Å²) in [6.45, 7) is 4.17. The molecule has 1 saturated heterocycles. The van der Waals surface area contributed by atoms with Gasteiger partial charge in [-0.25, -0.2) is 4.39 Å². The summed E-state index contributed by atoms with van der Waals surface area (Å²) in [5.41, 5.74) is 0.0141. The molecule has 2 aromatic rings. The van der Waals surface area contributed by atoms with E-state index in [1.54, 1.807) is 17.4 Å². The van der Waals surface area contributed by atoms with E-state index in [1.165, 1.54) is 16.1 Å². The number of rotatable bonds is 1. The van der Waals surface area contributed by atoms with E-state index in [0.717, 1.165) is 28.9 Å². The van der Waals surface area contributed by atoms with Crippen molar-refractivity contribution >= 4 is 55.3 Å². The first-order chi connectivity index (χ1) is 9.17. The Balaban J connectivity index is 0.00000121. The van der Waals surface area contributed by atoms with Gasteiger partial charge in [0.2, 0.25) is 0 Å². The molecule has 1 fully saturated rings. The van der Waals surface area contributed by atoms with E-state index in [4.69, 9.17) is 0 Å². The zero-order valence-electron chi connectivity index (χ0n) is 10.9. The monoisotopic (exact) mass is 372 g/mol. The molecule has 0 bridgehead atoms. The highest BCUT2D eigenvalue weighted by molar-refractivity contribution is 8.93. The van der Waals surface area contributed by atoms with Gasteiger partial charge in [0.25, 0.3) is 0 Å². The van der Waals surface area contributed by atoms with Crippen LogP contribution in [0.25, 0.3) is 10.1 Å². The van der Waals surface area contributed by atoms with Gasteiger partial charge >= 0.3 is 0 Å². The fraction of sp³-hybridized carbons (Fsp3) is 0.357. The number of nitrogens with zero attached hydrogens (tertiary/aromatic N) is 2. The number of benzene rings is 1. The smallest absolute Gasteiger partial charge is 0.160 e. The third-order valence-corrected chi connectivity index (χ3v) is 6.57.